The normalized spacial score (nSPS) is 25.1. The molecule has 0 amide bonds. The predicted octanol–water partition coefficient (Wildman–Crippen LogP) is 0.598. The topological polar surface area (TPSA) is 65.4 Å². The molecule has 1 saturated carbocycles. The van der Waals surface area contributed by atoms with Crippen molar-refractivity contribution in [3.63, 3.8) is 0 Å². The third-order valence-electron chi connectivity index (χ3n) is 2.70. The maximum absolute atomic E-state index is 5.74. The van der Waals surface area contributed by atoms with E-state index >= 15 is 0 Å². The van der Waals surface area contributed by atoms with E-state index in [9.17, 15) is 0 Å². The number of fused-ring (bicyclic) bond motifs is 1. The van der Waals surface area contributed by atoms with E-state index in [1.54, 1.807) is 23.1 Å². The molecule has 5 heteroatoms. The molecular formula is C10H12N4O. The second-order valence-electron chi connectivity index (χ2n) is 3.86. The summed E-state index contributed by atoms with van der Waals surface area (Å²) in [5.74, 6) is 0.645. The maximum Gasteiger partial charge on any atom is 0.240 e. The highest BCUT2D eigenvalue weighted by Gasteiger charge is 2.28. The Hall–Kier alpha value is -1.62. The zero-order chi connectivity index (χ0) is 10.3. The van der Waals surface area contributed by atoms with Gasteiger partial charge in [0.25, 0.3) is 0 Å². The molecule has 0 aliphatic heterocycles. The first kappa shape index (κ1) is 8.67. The molecule has 1 fully saturated rings. The number of hydrogen-bond donors (Lipinski definition) is 1. The molecule has 1 aliphatic rings. The highest BCUT2D eigenvalue weighted by Crippen LogP contribution is 2.25. The van der Waals surface area contributed by atoms with E-state index in [0.717, 1.165) is 18.4 Å². The van der Waals surface area contributed by atoms with Crippen molar-refractivity contribution >= 4 is 5.52 Å². The molecule has 0 atom stereocenters. The number of aromatic nitrogens is 3. The van der Waals surface area contributed by atoms with Crippen LogP contribution in [-0.2, 0) is 0 Å². The first-order valence-electron chi connectivity index (χ1n) is 5.03. The lowest BCUT2D eigenvalue weighted by molar-refractivity contribution is 0.0971. The standard InChI is InChI=1S/C10H12N4O/c11-7-5-8(6-7)15-10-9-1-2-13-14(9)4-3-12-10/h1-4,7-8H,5-6,11H2. The third kappa shape index (κ3) is 1.45. The van der Waals surface area contributed by atoms with Gasteiger partial charge in [-0.15, -0.1) is 0 Å². The minimum absolute atomic E-state index is 0.216. The molecule has 2 N–H and O–H groups in total. The van der Waals surface area contributed by atoms with Crippen molar-refractivity contribution in [1.82, 2.24) is 14.6 Å². The van der Waals surface area contributed by atoms with Crippen molar-refractivity contribution in [2.45, 2.75) is 25.0 Å². The Morgan fingerprint density at radius 1 is 1.40 bits per heavy atom. The summed E-state index contributed by atoms with van der Waals surface area (Å²) >= 11 is 0. The fraction of sp³-hybridized carbons (Fsp3) is 0.400. The van der Waals surface area contributed by atoms with E-state index < -0.39 is 0 Å². The number of hydrogen-bond acceptors (Lipinski definition) is 4. The number of nitrogens with zero attached hydrogens (tertiary/aromatic N) is 3. The Balaban J connectivity index is 1.87. The van der Waals surface area contributed by atoms with Crippen LogP contribution in [0.1, 0.15) is 12.8 Å². The Labute approximate surface area is 86.9 Å². The molecule has 0 aromatic carbocycles. The zero-order valence-corrected chi connectivity index (χ0v) is 8.21. The fourth-order valence-corrected chi connectivity index (χ4v) is 1.78. The number of ether oxygens (including phenoxy) is 1. The molecule has 1 aliphatic carbocycles. The van der Waals surface area contributed by atoms with Crippen LogP contribution in [0, 0.1) is 0 Å². The molecule has 0 saturated heterocycles. The highest BCUT2D eigenvalue weighted by atomic mass is 16.5. The number of rotatable bonds is 2. The maximum atomic E-state index is 5.74. The molecule has 3 rings (SSSR count). The lowest BCUT2D eigenvalue weighted by atomic mass is 9.90. The van der Waals surface area contributed by atoms with Gasteiger partial charge in [-0.3, -0.25) is 0 Å². The molecule has 2 aromatic rings. The van der Waals surface area contributed by atoms with E-state index in [1.807, 2.05) is 6.07 Å². The smallest absolute Gasteiger partial charge is 0.240 e. The summed E-state index contributed by atoms with van der Waals surface area (Å²) in [4.78, 5) is 4.20. The summed E-state index contributed by atoms with van der Waals surface area (Å²) < 4.78 is 7.49. The molecule has 0 unspecified atom stereocenters. The van der Waals surface area contributed by atoms with Gasteiger partial charge >= 0.3 is 0 Å². The zero-order valence-electron chi connectivity index (χ0n) is 8.21. The number of nitrogens with two attached hydrogens (primary N) is 1. The second-order valence-corrected chi connectivity index (χ2v) is 3.86. The van der Waals surface area contributed by atoms with Gasteiger partial charge in [0.15, 0.2) is 0 Å². The van der Waals surface area contributed by atoms with Gasteiger partial charge in [0.05, 0.1) is 6.20 Å². The quantitative estimate of drug-likeness (QED) is 0.777. The first-order chi connectivity index (χ1) is 7.33. The van der Waals surface area contributed by atoms with E-state index in [1.165, 1.54) is 0 Å². The molecule has 0 spiro atoms. The lowest BCUT2D eigenvalue weighted by Gasteiger charge is -2.32. The van der Waals surface area contributed by atoms with Gasteiger partial charge in [0, 0.05) is 18.4 Å². The summed E-state index contributed by atoms with van der Waals surface area (Å²) in [5.41, 5.74) is 6.60. The fourth-order valence-electron chi connectivity index (χ4n) is 1.78. The summed E-state index contributed by atoms with van der Waals surface area (Å²) in [6.07, 6.45) is 7.26. The van der Waals surface area contributed by atoms with Crippen LogP contribution in [0.2, 0.25) is 0 Å². The van der Waals surface area contributed by atoms with Gasteiger partial charge in [0.1, 0.15) is 11.6 Å². The molecule has 2 aromatic heterocycles. The average Bonchev–Trinajstić information content (AvgIpc) is 2.64. The molecule has 0 bridgehead atoms. The molecule has 2 heterocycles. The van der Waals surface area contributed by atoms with Crippen LogP contribution in [0.25, 0.3) is 5.52 Å². The Morgan fingerprint density at radius 2 is 2.27 bits per heavy atom. The summed E-state index contributed by atoms with van der Waals surface area (Å²) in [6, 6.07) is 2.18. The van der Waals surface area contributed by atoms with Gasteiger partial charge in [-0.2, -0.15) is 5.10 Å². The summed E-state index contributed by atoms with van der Waals surface area (Å²) in [5, 5.41) is 4.12. The lowest BCUT2D eigenvalue weighted by Crippen LogP contribution is -2.43. The molecule has 15 heavy (non-hydrogen) atoms. The SMILES string of the molecule is NC1CC(Oc2nccn3nccc23)C1. The molecule has 5 nitrogen and oxygen atoms in total. The Kier molecular flexibility index (Phi) is 1.85. The predicted molar refractivity (Wildman–Crippen MR) is 54.6 cm³/mol. The monoisotopic (exact) mass is 204 g/mol. The van der Waals surface area contributed by atoms with Crippen LogP contribution in [0.4, 0.5) is 0 Å². The van der Waals surface area contributed by atoms with Crippen LogP contribution in [0.3, 0.4) is 0 Å². The van der Waals surface area contributed by atoms with Crippen molar-refractivity contribution in [1.29, 1.82) is 0 Å². The molecular weight excluding hydrogens is 192 g/mol. The van der Waals surface area contributed by atoms with Crippen LogP contribution < -0.4 is 10.5 Å². The highest BCUT2D eigenvalue weighted by molar-refractivity contribution is 5.54. The summed E-state index contributed by atoms with van der Waals surface area (Å²) in [7, 11) is 0. The molecule has 0 radical (unpaired) electrons. The first-order valence-corrected chi connectivity index (χ1v) is 5.03. The summed E-state index contributed by atoms with van der Waals surface area (Å²) in [6.45, 7) is 0. The van der Waals surface area contributed by atoms with Crippen LogP contribution in [-0.4, -0.2) is 26.7 Å². The molecule has 78 valence electrons. The third-order valence-corrected chi connectivity index (χ3v) is 2.70. The minimum Gasteiger partial charge on any atom is -0.473 e. The largest absolute Gasteiger partial charge is 0.473 e. The van der Waals surface area contributed by atoms with Gasteiger partial charge in [-0.25, -0.2) is 9.50 Å². The van der Waals surface area contributed by atoms with Crippen molar-refractivity contribution in [2.24, 2.45) is 5.73 Å². The van der Waals surface area contributed by atoms with E-state index in [0.29, 0.717) is 11.9 Å². The van der Waals surface area contributed by atoms with Crippen molar-refractivity contribution in [3.8, 4) is 5.88 Å². The van der Waals surface area contributed by atoms with Gasteiger partial charge < -0.3 is 10.5 Å². The minimum atomic E-state index is 0.216. The van der Waals surface area contributed by atoms with E-state index in [-0.39, 0.29) is 6.10 Å². The van der Waals surface area contributed by atoms with Gasteiger partial charge in [0.2, 0.25) is 5.88 Å². The van der Waals surface area contributed by atoms with Crippen LogP contribution in [0.15, 0.2) is 24.7 Å². The van der Waals surface area contributed by atoms with E-state index in [4.69, 9.17) is 10.5 Å². The van der Waals surface area contributed by atoms with Crippen molar-refractivity contribution in [2.75, 3.05) is 0 Å². The second kappa shape index (κ2) is 3.20. The van der Waals surface area contributed by atoms with Gasteiger partial charge in [-0.05, 0) is 18.9 Å². The van der Waals surface area contributed by atoms with Gasteiger partial charge in [-0.1, -0.05) is 0 Å². The average molecular weight is 204 g/mol. The van der Waals surface area contributed by atoms with E-state index in [2.05, 4.69) is 10.1 Å². The van der Waals surface area contributed by atoms with Crippen LogP contribution in [0.5, 0.6) is 5.88 Å². The van der Waals surface area contributed by atoms with Crippen molar-refractivity contribution in [3.05, 3.63) is 24.7 Å². The Bertz CT molecular complexity index is 475. The Morgan fingerprint density at radius 3 is 3.07 bits per heavy atom. The van der Waals surface area contributed by atoms with Crippen LogP contribution >= 0.6 is 0 Å². The van der Waals surface area contributed by atoms with Crippen molar-refractivity contribution < 1.29 is 4.74 Å².